The molecule has 92 valence electrons. The fourth-order valence-corrected chi connectivity index (χ4v) is 2.11. The number of primary amides is 1. The minimum absolute atomic E-state index is 0.308. The lowest BCUT2D eigenvalue weighted by atomic mass is 10.0. The van der Waals surface area contributed by atoms with Gasteiger partial charge in [-0.3, -0.25) is 4.79 Å². The Hall–Kier alpha value is -1.55. The Morgan fingerprint density at radius 1 is 1.29 bits per heavy atom. The minimum Gasteiger partial charge on any atom is -0.491 e. The largest absolute Gasteiger partial charge is 0.491 e. The van der Waals surface area contributed by atoms with Crippen LogP contribution in [0.15, 0.2) is 24.3 Å². The van der Waals surface area contributed by atoms with Crippen molar-refractivity contribution in [2.24, 2.45) is 5.73 Å². The number of hydrogen-bond donors (Lipinski definition) is 2. The lowest BCUT2D eigenvalue weighted by Crippen LogP contribution is -2.32. The first-order valence-electron chi connectivity index (χ1n) is 5.84. The maximum atomic E-state index is 10.9. The molecule has 0 atom stereocenters. The molecule has 4 nitrogen and oxygen atoms in total. The molecule has 2 rings (SSSR count). The average molecular weight is 235 g/mol. The van der Waals surface area contributed by atoms with E-state index in [4.69, 9.17) is 10.5 Å². The zero-order chi connectivity index (χ0) is 12.3. The molecule has 0 aliphatic heterocycles. The lowest BCUT2D eigenvalue weighted by Gasteiger charge is -2.22. The summed E-state index contributed by atoms with van der Waals surface area (Å²) in [7, 11) is 0. The third-order valence-corrected chi connectivity index (χ3v) is 3.18. The van der Waals surface area contributed by atoms with Crippen LogP contribution in [-0.2, 0) is 0 Å². The number of nitrogens with two attached hydrogens (primary N) is 1. The van der Waals surface area contributed by atoms with E-state index in [1.165, 1.54) is 0 Å². The summed E-state index contributed by atoms with van der Waals surface area (Å²) in [6.45, 7) is 0.308. The van der Waals surface area contributed by atoms with Crippen molar-refractivity contribution in [1.82, 2.24) is 0 Å². The van der Waals surface area contributed by atoms with E-state index in [1.54, 1.807) is 24.3 Å². The number of rotatable bonds is 4. The van der Waals surface area contributed by atoms with Gasteiger partial charge in [0, 0.05) is 5.56 Å². The number of benzene rings is 1. The van der Waals surface area contributed by atoms with Crippen LogP contribution in [-0.4, -0.2) is 23.2 Å². The van der Waals surface area contributed by atoms with Crippen LogP contribution in [0.5, 0.6) is 5.75 Å². The zero-order valence-corrected chi connectivity index (χ0v) is 9.69. The molecule has 0 aromatic heterocycles. The van der Waals surface area contributed by atoms with E-state index < -0.39 is 11.5 Å². The highest BCUT2D eigenvalue weighted by Gasteiger charge is 2.31. The zero-order valence-electron chi connectivity index (χ0n) is 9.69. The second kappa shape index (κ2) is 4.75. The number of ether oxygens (including phenoxy) is 1. The standard InChI is InChI=1S/C13H17NO3/c14-12(15)10-3-5-11(6-4-10)17-9-13(16)7-1-2-8-13/h3-6,16H,1-2,7-9H2,(H2,14,15). The van der Waals surface area contributed by atoms with Crippen LogP contribution in [0.1, 0.15) is 36.0 Å². The Kier molecular flexibility index (Phi) is 3.33. The van der Waals surface area contributed by atoms with Gasteiger partial charge >= 0.3 is 0 Å². The highest BCUT2D eigenvalue weighted by atomic mass is 16.5. The molecule has 1 aromatic carbocycles. The molecule has 0 heterocycles. The van der Waals surface area contributed by atoms with Crippen molar-refractivity contribution < 1.29 is 14.6 Å². The summed E-state index contributed by atoms with van der Waals surface area (Å²) in [5.74, 6) is 0.196. The van der Waals surface area contributed by atoms with Crippen molar-refractivity contribution in [3.63, 3.8) is 0 Å². The SMILES string of the molecule is NC(=O)c1ccc(OCC2(O)CCCC2)cc1. The third-order valence-electron chi connectivity index (χ3n) is 3.18. The predicted octanol–water partition coefficient (Wildman–Crippen LogP) is 1.47. The molecule has 0 spiro atoms. The first kappa shape index (κ1) is 11.9. The van der Waals surface area contributed by atoms with Gasteiger partial charge in [0.2, 0.25) is 5.91 Å². The number of amides is 1. The summed E-state index contributed by atoms with van der Waals surface area (Å²) >= 11 is 0. The van der Waals surface area contributed by atoms with Gasteiger partial charge in [0.15, 0.2) is 0 Å². The molecule has 0 radical (unpaired) electrons. The quantitative estimate of drug-likeness (QED) is 0.830. The van der Waals surface area contributed by atoms with Crippen molar-refractivity contribution in [1.29, 1.82) is 0 Å². The normalized spacial score (nSPS) is 17.9. The minimum atomic E-state index is -0.678. The van der Waals surface area contributed by atoms with E-state index in [2.05, 4.69) is 0 Å². The van der Waals surface area contributed by atoms with Gasteiger partial charge in [-0.2, -0.15) is 0 Å². The second-order valence-electron chi connectivity index (χ2n) is 4.61. The fraction of sp³-hybridized carbons (Fsp3) is 0.462. The van der Waals surface area contributed by atoms with Gasteiger partial charge in [0.1, 0.15) is 12.4 Å². The van der Waals surface area contributed by atoms with Crippen molar-refractivity contribution in [3.8, 4) is 5.75 Å². The highest BCUT2D eigenvalue weighted by Crippen LogP contribution is 2.30. The molecule has 4 heteroatoms. The van der Waals surface area contributed by atoms with Crippen LogP contribution in [0.4, 0.5) is 0 Å². The van der Waals surface area contributed by atoms with Gasteiger partial charge in [-0.15, -0.1) is 0 Å². The summed E-state index contributed by atoms with van der Waals surface area (Å²) in [6.07, 6.45) is 3.71. The maximum absolute atomic E-state index is 10.9. The Morgan fingerprint density at radius 3 is 2.41 bits per heavy atom. The van der Waals surface area contributed by atoms with Crippen LogP contribution in [0, 0.1) is 0 Å². The van der Waals surface area contributed by atoms with Gasteiger partial charge in [-0.1, -0.05) is 12.8 Å². The molecule has 17 heavy (non-hydrogen) atoms. The fourth-order valence-electron chi connectivity index (χ4n) is 2.11. The smallest absolute Gasteiger partial charge is 0.248 e. The van der Waals surface area contributed by atoms with E-state index in [-0.39, 0.29) is 0 Å². The van der Waals surface area contributed by atoms with Crippen molar-refractivity contribution >= 4 is 5.91 Å². The van der Waals surface area contributed by atoms with Crippen molar-refractivity contribution in [2.45, 2.75) is 31.3 Å². The molecule has 0 saturated heterocycles. The van der Waals surface area contributed by atoms with Gasteiger partial charge < -0.3 is 15.6 Å². The Labute approximate surface area is 100 Å². The van der Waals surface area contributed by atoms with E-state index in [9.17, 15) is 9.90 Å². The third kappa shape index (κ3) is 2.97. The van der Waals surface area contributed by atoms with Crippen molar-refractivity contribution in [2.75, 3.05) is 6.61 Å². The summed E-state index contributed by atoms with van der Waals surface area (Å²) in [6, 6.07) is 6.63. The Bertz CT molecular complexity index is 394. The monoisotopic (exact) mass is 235 g/mol. The number of carbonyl (C=O) groups is 1. The highest BCUT2D eigenvalue weighted by molar-refractivity contribution is 5.92. The molecule has 1 amide bonds. The molecule has 1 aromatic rings. The Morgan fingerprint density at radius 2 is 1.88 bits per heavy atom. The molecule has 1 fully saturated rings. The molecule has 1 aliphatic rings. The summed E-state index contributed by atoms with van der Waals surface area (Å²) in [4.78, 5) is 10.9. The predicted molar refractivity (Wildman–Crippen MR) is 63.9 cm³/mol. The second-order valence-corrected chi connectivity index (χ2v) is 4.61. The van der Waals surface area contributed by atoms with Crippen LogP contribution in [0.3, 0.4) is 0 Å². The number of hydrogen-bond acceptors (Lipinski definition) is 3. The van der Waals surface area contributed by atoms with Gasteiger partial charge in [0.25, 0.3) is 0 Å². The number of carbonyl (C=O) groups excluding carboxylic acids is 1. The van der Waals surface area contributed by atoms with Crippen molar-refractivity contribution in [3.05, 3.63) is 29.8 Å². The first-order valence-corrected chi connectivity index (χ1v) is 5.84. The van der Waals surface area contributed by atoms with E-state index in [0.29, 0.717) is 17.9 Å². The summed E-state index contributed by atoms with van der Waals surface area (Å²) < 4.78 is 5.53. The van der Waals surface area contributed by atoms with Gasteiger partial charge in [-0.25, -0.2) is 0 Å². The molecule has 1 aliphatic carbocycles. The summed E-state index contributed by atoms with van der Waals surface area (Å²) in [5.41, 5.74) is 4.92. The van der Waals surface area contributed by atoms with E-state index >= 15 is 0 Å². The lowest BCUT2D eigenvalue weighted by molar-refractivity contribution is 0.00140. The topological polar surface area (TPSA) is 72.6 Å². The molecular formula is C13H17NO3. The molecule has 3 N–H and O–H groups in total. The van der Waals surface area contributed by atoms with Gasteiger partial charge in [-0.05, 0) is 37.1 Å². The van der Waals surface area contributed by atoms with Crippen LogP contribution >= 0.6 is 0 Å². The van der Waals surface area contributed by atoms with Gasteiger partial charge in [0.05, 0.1) is 5.60 Å². The molecule has 0 bridgehead atoms. The van der Waals surface area contributed by atoms with E-state index in [1.807, 2.05) is 0 Å². The number of aliphatic hydroxyl groups is 1. The first-order chi connectivity index (χ1) is 8.09. The molecule has 0 unspecified atom stereocenters. The van der Waals surface area contributed by atoms with Crippen LogP contribution in [0.25, 0.3) is 0 Å². The van der Waals surface area contributed by atoms with Crippen LogP contribution < -0.4 is 10.5 Å². The van der Waals surface area contributed by atoms with E-state index in [0.717, 1.165) is 25.7 Å². The summed E-state index contributed by atoms with van der Waals surface area (Å²) in [5, 5.41) is 10.1. The maximum Gasteiger partial charge on any atom is 0.248 e. The average Bonchev–Trinajstić information content (AvgIpc) is 2.75. The molecule has 1 saturated carbocycles. The Balaban J connectivity index is 1.93. The van der Waals surface area contributed by atoms with Crippen LogP contribution in [0.2, 0.25) is 0 Å². The molecular weight excluding hydrogens is 218 g/mol.